The van der Waals surface area contributed by atoms with E-state index < -0.39 is 26.6 Å². The van der Waals surface area contributed by atoms with Crippen LogP contribution in [0.5, 0.6) is 5.75 Å². The van der Waals surface area contributed by atoms with Gasteiger partial charge in [-0.2, -0.15) is 0 Å². The largest absolute Gasteiger partial charge is 0.490 e. The summed E-state index contributed by atoms with van der Waals surface area (Å²) in [4.78, 5) is 32.6. The van der Waals surface area contributed by atoms with Crippen LogP contribution >= 0.6 is 11.6 Å². The minimum Gasteiger partial charge on any atom is -0.490 e. The molecule has 1 saturated carbocycles. The Morgan fingerprint density at radius 3 is 2.70 bits per heavy atom. The first-order valence-electron chi connectivity index (χ1n) is 19.2. The first-order chi connectivity index (χ1) is 25.3. The van der Waals surface area contributed by atoms with Crippen LogP contribution < -0.4 is 14.4 Å². The van der Waals surface area contributed by atoms with Gasteiger partial charge in [0, 0.05) is 43.7 Å². The number of likely N-dealkylation sites (N-methyl/N-ethyl adjacent to an activating group) is 1. The molecular weight excluding hydrogens is 719 g/mol. The SMILES string of the molecule is C[C@@H]1[C@@H](C)S(=O)(=O)NC(=O)c2ccc3c(c2)N(C[C@@H]2CC[C@H]2[C@@H](OCCN2CCN(C)CC2=O)C2=C[C@H]1C2)C[C@@]1(CCCc2c1ccc(Cl)c2F)CO3. The summed E-state index contributed by atoms with van der Waals surface area (Å²) in [6, 6.07) is 8.71. The topological polar surface area (TPSA) is 108 Å². The molecule has 2 amide bonds. The van der Waals surface area contributed by atoms with Crippen LogP contribution in [0.3, 0.4) is 0 Å². The number of fused-ring (bicyclic) bond motifs is 6. The van der Waals surface area contributed by atoms with Crippen molar-refractivity contribution in [3.05, 3.63) is 69.5 Å². The second-order valence-corrected chi connectivity index (χ2v) is 18.9. The number of carbonyl (C=O) groups excluding carboxylic acids is 2. The molecule has 2 aromatic carbocycles. The van der Waals surface area contributed by atoms with Gasteiger partial charge in [0.15, 0.2) is 0 Å². The molecule has 4 bridgehead atoms. The zero-order valence-electron chi connectivity index (χ0n) is 30.8. The number of amides is 2. The molecule has 3 aliphatic carbocycles. The number of anilines is 1. The van der Waals surface area contributed by atoms with Crippen LogP contribution in [0.25, 0.3) is 0 Å². The Labute approximate surface area is 317 Å². The Balaban J connectivity index is 1.15. The van der Waals surface area contributed by atoms with Crippen LogP contribution in [-0.4, -0.2) is 101 Å². The number of hydrogen-bond acceptors (Lipinski definition) is 8. The number of hydrogen-bond donors (Lipinski definition) is 1. The van der Waals surface area contributed by atoms with Crippen molar-refractivity contribution in [3.8, 4) is 5.75 Å². The van der Waals surface area contributed by atoms with Crippen molar-refractivity contribution in [2.75, 3.05) is 64.4 Å². The molecule has 4 aliphatic heterocycles. The Hall–Kier alpha value is -3.19. The highest BCUT2D eigenvalue weighted by Gasteiger charge is 2.47. The standard InChI is InChI=1S/C40H50ClFN4O6S/c1-24-25(2)53(49,50)43-39(48)26-7-11-35-34(19-26)46(22-40(23-52-35)12-4-5-31-32(40)9-10-33(41)37(31)42)20-27-6-8-30(27)38(29-17-28(24)18-29)51-16-15-45-14-13-44(3)21-36(45)47/h7,9-11,17,19,24-25,27-28,30,38H,4-6,8,12-16,18,20-23H2,1-3H3,(H,43,48)/t24-,25-,27+,28+,30-,38+,40+/m1/s1. The molecular formula is C40H50ClFN4O6S. The van der Waals surface area contributed by atoms with Gasteiger partial charge in [-0.05, 0) is 117 Å². The number of halogens is 2. The van der Waals surface area contributed by atoms with Crippen molar-refractivity contribution in [2.24, 2.45) is 23.7 Å². The van der Waals surface area contributed by atoms with Gasteiger partial charge < -0.3 is 19.3 Å². The van der Waals surface area contributed by atoms with E-state index in [1.165, 1.54) is 5.57 Å². The van der Waals surface area contributed by atoms with E-state index in [0.29, 0.717) is 63.7 Å². The molecule has 7 aliphatic rings. The number of allylic oxidation sites excluding steroid dienone is 1. The lowest BCUT2D eigenvalue weighted by Gasteiger charge is -2.48. The lowest BCUT2D eigenvalue weighted by molar-refractivity contribution is -0.137. The molecule has 53 heavy (non-hydrogen) atoms. The molecule has 1 saturated heterocycles. The average molecular weight is 769 g/mol. The number of nitrogens with zero attached hydrogens (tertiary/aromatic N) is 3. The van der Waals surface area contributed by atoms with Crippen molar-refractivity contribution < 1.29 is 31.9 Å². The lowest BCUT2D eigenvalue weighted by atomic mass is 9.64. The molecule has 4 heterocycles. The van der Waals surface area contributed by atoms with Crippen LogP contribution in [0, 0.1) is 29.5 Å². The van der Waals surface area contributed by atoms with E-state index in [4.69, 9.17) is 21.1 Å². The molecule has 0 unspecified atom stereocenters. The van der Waals surface area contributed by atoms with E-state index in [9.17, 15) is 18.0 Å². The van der Waals surface area contributed by atoms with Gasteiger partial charge in [0.1, 0.15) is 11.6 Å². The van der Waals surface area contributed by atoms with E-state index in [1.807, 2.05) is 29.8 Å². The van der Waals surface area contributed by atoms with Gasteiger partial charge >= 0.3 is 0 Å². The Kier molecular flexibility index (Phi) is 9.81. The Morgan fingerprint density at radius 1 is 1.13 bits per heavy atom. The lowest BCUT2D eigenvalue weighted by Crippen LogP contribution is -2.52. The molecule has 1 spiro atoms. The van der Waals surface area contributed by atoms with Gasteiger partial charge in [-0.3, -0.25) is 14.5 Å². The van der Waals surface area contributed by atoms with Gasteiger partial charge in [0.05, 0.1) is 41.8 Å². The van der Waals surface area contributed by atoms with E-state index >= 15 is 4.39 Å². The molecule has 9 rings (SSSR count). The van der Waals surface area contributed by atoms with Gasteiger partial charge in [0.25, 0.3) is 5.91 Å². The van der Waals surface area contributed by atoms with Crippen molar-refractivity contribution in [3.63, 3.8) is 0 Å². The normalized spacial score (nSPS) is 32.7. The summed E-state index contributed by atoms with van der Waals surface area (Å²) in [5.41, 5.74) is 3.18. The number of rotatable bonds is 4. The molecule has 13 heteroatoms. The monoisotopic (exact) mass is 768 g/mol. The predicted octanol–water partition coefficient (Wildman–Crippen LogP) is 5.18. The zero-order chi connectivity index (χ0) is 37.2. The molecule has 10 nitrogen and oxygen atoms in total. The maximum absolute atomic E-state index is 15.5. The van der Waals surface area contributed by atoms with Crippen LogP contribution in [0.15, 0.2) is 42.0 Å². The summed E-state index contributed by atoms with van der Waals surface area (Å²) in [5, 5.41) is -0.687. The number of carbonyl (C=O) groups is 2. The second-order valence-electron chi connectivity index (χ2n) is 16.4. The number of sulfonamides is 1. The third-order valence-electron chi connectivity index (χ3n) is 13.3. The van der Waals surface area contributed by atoms with Crippen molar-refractivity contribution in [1.82, 2.24) is 14.5 Å². The average Bonchev–Trinajstić information content (AvgIpc) is 3.24. The van der Waals surface area contributed by atoms with Gasteiger partial charge in [-0.25, -0.2) is 17.5 Å². The summed E-state index contributed by atoms with van der Waals surface area (Å²) >= 11 is 6.27. The van der Waals surface area contributed by atoms with Gasteiger partial charge in [-0.1, -0.05) is 30.7 Å². The molecule has 0 aromatic heterocycles. The number of ether oxygens (including phenoxy) is 2. The van der Waals surface area contributed by atoms with Gasteiger partial charge in [0.2, 0.25) is 15.9 Å². The first-order valence-corrected chi connectivity index (χ1v) is 21.1. The quantitative estimate of drug-likeness (QED) is 0.425. The molecule has 2 fully saturated rings. The summed E-state index contributed by atoms with van der Waals surface area (Å²) in [6.45, 7) is 8.03. The molecule has 7 atom stereocenters. The second kappa shape index (κ2) is 14.1. The number of benzene rings is 2. The highest BCUT2D eigenvalue weighted by molar-refractivity contribution is 7.90. The number of piperazine rings is 1. The Morgan fingerprint density at radius 2 is 1.94 bits per heavy atom. The Bertz CT molecular complexity index is 1940. The summed E-state index contributed by atoms with van der Waals surface area (Å²) in [7, 11) is -2.04. The molecule has 286 valence electrons. The smallest absolute Gasteiger partial charge is 0.264 e. The van der Waals surface area contributed by atoms with E-state index in [1.54, 1.807) is 31.2 Å². The highest BCUT2D eigenvalue weighted by Crippen LogP contribution is 2.50. The molecule has 0 radical (unpaired) electrons. The fraction of sp³-hybridized carbons (Fsp3) is 0.600. The van der Waals surface area contributed by atoms with E-state index in [-0.39, 0.29) is 52.1 Å². The van der Waals surface area contributed by atoms with Crippen molar-refractivity contribution in [1.29, 1.82) is 0 Å². The third kappa shape index (κ3) is 6.76. The summed E-state index contributed by atoms with van der Waals surface area (Å²) in [6.07, 6.45) is 6.96. The maximum atomic E-state index is 15.5. The van der Waals surface area contributed by atoms with Crippen LogP contribution in [0.1, 0.15) is 67.4 Å². The summed E-state index contributed by atoms with van der Waals surface area (Å²) in [5.74, 6) is -0.0127. The maximum Gasteiger partial charge on any atom is 0.264 e. The summed E-state index contributed by atoms with van der Waals surface area (Å²) < 4.78 is 58.5. The number of nitrogens with one attached hydrogen (secondary N) is 1. The fourth-order valence-corrected chi connectivity index (χ4v) is 11.1. The van der Waals surface area contributed by atoms with E-state index in [2.05, 4.69) is 15.7 Å². The zero-order valence-corrected chi connectivity index (χ0v) is 32.4. The third-order valence-corrected chi connectivity index (χ3v) is 15.5. The first kappa shape index (κ1) is 36.8. The van der Waals surface area contributed by atoms with Crippen LogP contribution in [-0.2, 0) is 31.4 Å². The van der Waals surface area contributed by atoms with Crippen LogP contribution in [0.2, 0.25) is 5.02 Å². The van der Waals surface area contributed by atoms with Crippen molar-refractivity contribution >= 4 is 39.1 Å². The van der Waals surface area contributed by atoms with Crippen LogP contribution in [0.4, 0.5) is 10.1 Å². The minimum absolute atomic E-state index is 0.0391. The molecule has 2 aromatic rings. The van der Waals surface area contributed by atoms with Gasteiger partial charge in [-0.15, -0.1) is 0 Å². The fourth-order valence-electron chi connectivity index (χ4n) is 9.62. The highest BCUT2D eigenvalue weighted by atomic mass is 35.5. The molecule has 1 N–H and O–H groups in total. The van der Waals surface area contributed by atoms with E-state index in [0.717, 1.165) is 49.9 Å². The van der Waals surface area contributed by atoms with Crippen molar-refractivity contribution in [2.45, 2.75) is 69.1 Å². The predicted molar refractivity (Wildman–Crippen MR) is 201 cm³/mol. The minimum atomic E-state index is -4.00.